The fourth-order valence-corrected chi connectivity index (χ4v) is 10.4. The fourth-order valence-electron chi connectivity index (χ4n) is 10.4. The topological polar surface area (TPSA) is 126 Å². The molecule has 0 bridgehead atoms. The van der Waals surface area contributed by atoms with E-state index in [1.807, 2.05) is 92.0 Å². The zero-order valence-electron chi connectivity index (χ0n) is 41.7. The van der Waals surface area contributed by atoms with Gasteiger partial charge in [-0.1, -0.05) is 48.5 Å². The van der Waals surface area contributed by atoms with E-state index in [4.69, 9.17) is 14.2 Å². The van der Waals surface area contributed by atoms with E-state index < -0.39 is 5.82 Å². The molecule has 1 saturated heterocycles. The van der Waals surface area contributed by atoms with Crippen LogP contribution >= 0.6 is 0 Å². The largest absolute Gasteiger partial charge is 0.492 e. The van der Waals surface area contributed by atoms with Gasteiger partial charge in [0.25, 0.3) is 11.8 Å². The Morgan fingerprint density at radius 3 is 2.31 bits per heavy atom. The van der Waals surface area contributed by atoms with Crippen molar-refractivity contribution >= 4 is 29.1 Å². The Kier molecular flexibility index (Phi) is 14.1. The number of nitriles is 1. The molecular formula is C58H62FN7O6. The van der Waals surface area contributed by atoms with Crippen molar-refractivity contribution in [1.82, 2.24) is 23.8 Å². The third-order valence-corrected chi connectivity index (χ3v) is 15.2. The van der Waals surface area contributed by atoms with Crippen molar-refractivity contribution in [1.29, 1.82) is 5.26 Å². The summed E-state index contributed by atoms with van der Waals surface area (Å²) in [7, 11) is 3.73. The van der Waals surface area contributed by atoms with E-state index in [9.17, 15) is 10.1 Å². The maximum atomic E-state index is 15.6. The first-order valence-electron chi connectivity index (χ1n) is 25.2. The van der Waals surface area contributed by atoms with E-state index in [1.165, 1.54) is 11.6 Å². The molecule has 5 heterocycles. The summed E-state index contributed by atoms with van der Waals surface area (Å²) in [6.45, 7) is 10.2. The lowest BCUT2D eigenvalue weighted by Gasteiger charge is -2.38. The van der Waals surface area contributed by atoms with Crippen molar-refractivity contribution < 1.29 is 33.0 Å². The minimum atomic E-state index is -0.491. The second-order valence-electron chi connectivity index (χ2n) is 19.7. The van der Waals surface area contributed by atoms with Crippen LogP contribution in [0.25, 0.3) is 11.3 Å². The molecule has 72 heavy (non-hydrogen) atoms. The highest BCUT2D eigenvalue weighted by molar-refractivity contribution is 6.13. The summed E-state index contributed by atoms with van der Waals surface area (Å²) in [5.74, 6) is -0.155. The van der Waals surface area contributed by atoms with Crippen LogP contribution in [0.4, 0.5) is 15.8 Å². The van der Waals surface area contributed by atoms with Crippen LogP contribution in [0.5, 0.6) is 5.75 Å². The maximum Gasteiger partial charge on any atom is 0.264 e. The van der Waals surface area contributed by atoms with Gasteiger partial charge in [-0.15, -0.1) is 0 Å². The number of para-hydroxylation sites is 1. The number of rotatable bonds is 15. The molecule has 6 aromatic rings. The number of morpholine rings is 1. The molecule has 10 rings (SSSR count). The predicted octanol–water partition coefficient (Wildman–Crippen LogP) is 8.47. The molecule has 1 aliphatic carbocycles. The number of hydrogen-bond donors (Lipinski definition) is 0. The molecule has 2 aromatic heterocycles. The molecule has 14 heteroatoms. The highest BCUT2D eigenvalue weighted by atomic mass is 19.1. The third kappa shape index (κ3) is 10.1. The van der Waals surface area contributed by atoms with Gasteiger partial charge in [-0.25, -0.2) is 4.39 Å². The Morgan fingerprint density at radius 2 is 1.57 bits per heavy atom. The average Bonchev–Trinajstić information content (AvgIpc) is 4.13. The predicted molar refractivity (Wildman–Crippen MR) is 273 cm³/mol. The SMILES string of the molecule is Cc1c(N(C(=O)c2cc(-c3cc4c(cc3C(=O)N3Cc5ccccc5CC3COCC3CC3)CN(C(=O)Cc3ccc(OCCN5CCOCC5)cc3F)CC4)n(C)c2C)c2ccccc2)cc(C#N)n1C. The van der Waals surface area contributed by atoms with Gasteiger partial charge < -0.3 is 33.1 Å². The number of aromatic nitrogens is 2. The smallest absolute Gasteiger partial charge is 0.264 e. The Morgan fingerprint density at radius 1 is 0.806 bits per heavy atom. The molecule has 4 aromatic carbocycles. The number of benzene rings is 4. The molecule has 1 unspecified atom stereocenters. The van der Waals surface area contributed by atoms with Crippen LogP contribution in [0.15, 0.2) is 97.1 Å². The van der Waals surface area contributed by atoms with Crippen LogP contribution in [-0.4, -0.2) is 107 Å². The summed E-state index contributed by atoms with van der Waals surface area (Å²) < 4.78 is 37.0. The lowest BCUT2D eigenvalue weighted by atomic mass is 9.89. The molecule has 1 saturated carbocycles. The number of carbonyl (C=O) groups excluding carboxylic acids is 3. The highest BCUT2D eigenvalue weighted by Crippen LogP contribution is 2.39. The average molecular weight is 972 g/mol. The van der Waals surface area contributed by atoms with Crippen LogP contribution in [0.3, 0.4) is 0 Å². The minimum Gasteiger partial charge on any atom is -0.492 e. The summed E-state index contributed by atoms with van der Waals surface area (Å²) >= 11 is 0. The zero-order chi connectivity index (χ0) is 50.0. The van der Waals surface area contributed by atoms with Gasteiger partial charge in [0.05, 0.1) is 43.5 Å². The first-order chi connectivity index (χ1) is 34.9. The first kappa shape index (κ1) is 48.6. The molecular weight excluding hydrogens is 910 g/mol. The maximum absolute atomic E-state index is 15.6. The molecule has 372 valence electrons. The van der Waals surface area contributed by atoms with Gasteiger partial charge in [-0.3, -0.25) is 24.2 Å². The van der Waals surface area contributed by atoms with Crippen molar-refractivity contribution in [2.45, 2.75) is 65.1 Å². The van der Waals surface area contributed by atoms with Crippen LogP contribution in [0.2, 0.25) is 0 Å². The van der Waals surface area contributed by atoms with Gasteiger partial charge in [-0.05, 0) is 116 Å². The Balaban J connectivity index is 0.978. The summed E-state index contributed by atoms with van der Waals surface area (Å²) in [5.41, 5.74) is 9.84. The van der Waals surface area contributed by atoms with E-state index in [2.05, 4.69) is 29.2 Å². The molecule has 1 atom stereocenters. The number of ether oxygens (including phenoxy) is 3. The van der Waals surface area contributed by atoms with Crippen molar-refractivity contribution in [2.75, 3.05) is 64.1 Å². The standard InChI is InChI=1S/C58H62FN7O6/c1-38-50(58(69)66(46-12-6-5-7-13-46)54-30-47(33-60)61(3)39(54)2)32-55(62(38)4)51-27-42-18-19-64(56(67)29-43-16-17-49(31-53(43)59)72-25-22-63-20-23-70-24-21-63)34-45(42)28-52(51)57(68)65-35-44-11-9-8-10-41(44)26-48(65)37-71-36-40-14-15-40/h5-13,16-17,27-28,30-32,40,48H,14-15,18-26,29,34-37H2,1-4H3. The molecule has 4 aliphatic rings. The lowest BCUT2D eigenvalue weighted by Crippen LogP contribution is -2.47. The minimum absolute atomic E-state index is 0.116. The molecule has 0 radical (unpaired) electrons. The molecule has 0 spiro atoms. The summed E-state index contributed by atoms with van der Waals surface area (Å²) in [6.07, 6.45) is 3.37. The summed E-state index contributed by atoms with van der Waals surface area (Å²) in [5, 5.41) is 9.97. The van der Waals surface area contributed by atoms with Crippen LogP contribution in [0.1, 0.15) is 78.5 Å². The second-order valence-corrected chi connectivity index (χ2v) is 19.7. The van der Waals surface area contributed by atoms with E-state index in [1.54, 1.807) is 32.6 Å². The van der Waals surface area contributed by atoms with E-state index >= 15 is 14.0 Å². The van der Waals surface area contributed by atoms with Gasteiger partial charge in [0, 0.05) is 99.9 Å². The normalized spacial score (nSPS) is 16.8. The third-order valence-electron chi connectivity index (χ3n) is 15.2. The molecule has 3 amide bonds. The summed E-state index contributed by atoms with van der Waals surface area (Å²) in [4.78, 5) is 52.4. The number of carbonyl (C=O) groups is 3. The van der Waals surface area contributed by atoms with Gasteiger partial charge in [0.1, 0.15) is 29.9 Å². The second kappa shape index (κ2) is 21.0. The number of fused-ring (bicyclic) bond motifs is 2. The van der Waals surface area contributed by atoms with Crippen molar-refractivity contribution in [3.8, 4) is 23.1 Å². The zero-order valence-corrected chi connectivity index (χ0v) is 41.7. The molecule has 0 N–H and O–H groups in total. The van der Waals surface area contributed by atoms with Crippen LogP contribution in [0, 0.1) is 36.9 Å². The molecule has 13 nitrogen and oxygen atoms in total. The monoisotopic (exact) mass is 971 g/mol. The van der Waals surface area contributed by atoms with Crippen molar-refractivity contribution in [3.05, 3.63) is 159 Å². The van der Waals surface area contributed by atoms with E-state index in [-0.39, 0.29) is 36.7 Å². The molecule has 2 fully saturated rings. The van der Waals surface area contributed by atoms with E-state index in [0.29, 0.717) is 121 Å². The Labute approximate surface area is 420 Å². The molecule has 3 aliphatic heterocycles. The first-order valence-corrected chi connectivity index (χ1v) is 25.2. The van der Waals surface area contributed by atoms with Gasteiger partial charge in [0.2, 0.25) is 5.91 Å². The lowest BCUT2D eigenvalue weighted by molar-refractivity contribution is -0.131. The Bertz CT molecular complexity index is 3060. The van der Waals surface area contributed by atoms with Crippen LogP contribution in [-0.2, 0) is 60.7 Å². The summed E-state index contributed by atoms with van der Waals surface area (Å²) in [6, 6.07) is 32.0. The Hall–Kier alpha value is -7.05. The van der Waals surface area contributed by atoms with Crippen molar-refractivity contribution in [2.24, 2.45) is 20.0 Å². The number of halogens is 1. The quantitative estimate of drug-likeness (QED) is 0.100. The number of anilines is 2. The fraction of sp³-hybridized carbons (Fsp3) is 0.379. The highest BCUT2D eigenvalue weighted by Gasteiger charge is 2.36. The van der Waals surface area contributed by atoms with Crippen LogP contribution < -0.4 is 9.64 Å². The number of amides is 3. The van der Waals surface area contributed by atoms with Gasteiger partial charge in [-0.2, -0.15) is 5.26 Å². The number of nitrogens with zero attached hydrogens (tertiary/aromatic N) is 7. The van der Waals surface area contributed by atoms with E-state index in [0.717, 1.165) is 54.9 Å². The number of hydrogen-bond acceptors (Lipinski definition) is 8. The van der Waals surface area contributed by atoms with Gasteiger partial charge in [0.15, 0.2) is 0 Å². The van der Waals surface area contributed by atoms with Crippen molar-refractivity contribution in [3.63, 3.8) is 0 Å². The van der Waals surface area contributed by atoms with Gasteiger partial charge >= 0.3 is 0 Å².